The second kappa shape index (κ2) is 7.23. The first kappa shape index (κ1) is 15.9. The Morgan fingerprint density at radius 1 is 1.25 bits per heavy atom. The van der Waals surface area contributed by atoms with Gasteiger partial charge in [0.15, 0.2) is 0 Å². The van der Waals surface area contributed by atoms with Crippen molar-refractivity contribution in [2.75, 3.05) is 6.54 Å². The number of nitrogens with one attached hydrogen (secondary N) is 2. The number of thiocarbonyl (C=S) groups is 1. The van der Waals surface area contributed by atoms with Gasteiger partial charge in [-0.1, -0.05) is 39.4 Å². The Morgan fingerprint density at radius 2 is 1.81 bits per heavy atom. The highest BCUT2D eigenvalue weighted by atomic mass is 32.1. The molecule has 0 aliphatic heterocycles. The molecule has 0 bridgehead atoms. The molecule has 0 rings (SSSR count). The normalized spacial score (nSPS) is 13.9. The molecule has 0 amide bonds. The molecule has 0 aromatic carbocycles. The van der Waals surface area contributed by atoms with Crippen molar-refractivity contribution >= 4 is 17.2 Å². The molecule has 1 unspecified atom stereocenters. The lowest BCUT2D eigenvalue weighted by atomic mass is 10.0. The molecule has 0 aliphatic carbocycles. The molecule has 0 spiro atoms. The van der Waals surface area contributed by atoms with E-state index < -0.39 is 0 Å². The van der Waals surface area contributed by atoms with Crippen molar-refractivity contribution in [1.29, 1.82) is 0 Å². The Bertz CT molecular complexity index is 206. The van der Waals surface area contributed by atoms with Crippen LogP contribution in [-0.4, -0.2) is 23.1 Å². The molecule has 96 valence electrons. The van der Waals surface area contributed by atoms with E-state index in [0.29, 0.717) is 12.0 Å². The van der Waals surface area contributed by atoms with E-state index in [-0.39, 0.29) is 5.54 Å². The van der Waals surface area contributed by atoms with Crippen LogP contribution in [0.15, 0.2) is 0 Å². The van der Waals surface area contributed by atoms with Gasteiger partial charge in [0.25, 0.3) is 0 Å². The van der Waals surface area contributed by atoms with Crippen LogP contribution < -0.4 is 10.6 Å². The van der Waals surface area contributed by atoms with Gasteiger partial charge < -0.3 is 10.6 Å². The lowest BCUT2D eigenvalue weighted by molar-refractivity contribution is 0.448. The van der Waals surface area contributed by atoms with E-state index in [1.807, 2.05) is 0 Å². The molecule has 2 nitrogen and oxygen atoms in total. The zero-order valence-electron chi connectivity index (χ0n) is 11.7. The van der Waals surface area contributed by atoms with Crippen molar-refractivity contribution in [2.45, 2.75) is 66.0 Å². The van der Waals surface area contributed by atoms with Gasteiger partial charge in [0.1, 0.15) is 0 Å². The summed E-state index contributed by atoms with van der Waals surface area (Å²) in [5.41, 5.74) is 0.0522. The number of rotatable bonds is 6. The molecular weight excluding hydrogens is 216 g/mol. The van der Waals surface area contributed by atoms with Gasteiger partial charge >= 0.3 is 0 Å². The van der Waals surface area contributed by atoms with Gasteiger partial charge in [0.05, 0.1) is 11.0 Å². The predicted octanol–water partition coefficient (Wildman–Crippen LogP) is 3.12. The van der Waals surface area contributed by atoms with Crippen molar-refractivity contribution in [3.8, 4) is 0 Å². The average Bonchev–Trinajstić information content (AvgIpc) is 2.08. The Balaban J connectivity index is 4.25. The quantitative estimate of drug-likeness (QED) is 0.554. The van der Waals surface area contributed by atoms with Gasteiger partial charge in [-0.25, -0.2) is 0 Å². The smallest absolute Gasteiger partial charge is 0.0932 e. The van der Waals surface area contributed by atoms with Crippen molar-refractivity contribution < 1.29 is 0 Å². The van der Waals surface area contributed by atoms with Crippen LogP contribution in [0.3, 0.4) is 0 Å². The van der Waals surface area contributed by atoms with Crippen molar-refractivity contribution in [2.24, 2.45) is 5.92 Å². The van der Waals surface area contributed by atoms with E-state index in [4.69, 9.17) is 12.2 Å². The maximum atomic E-state index is 5.48. The first-order valence-corrected chi connectivity index (χ1v) is 6.74. The third-order valence-electron chi connectivity index (χ3n) is 2.34. The molecule has 2 N–H and O–H groups in total. The van der Waals surface area contributed by atoms with Crippen LogP contribution >= 0.6 is 12.2 Å². The molecule has 0 fully saturated rings. The van der Waals surface area contributed by atoms with Crippen LogP contribution in [0.2, 0.25) is 0 Å². The Morgan fingerprint density at radius 3 is 2.19 bits per heavy atom. The van der Waals surface area contributed by atoms with Gasteiger partial charge in [-0.2, -0.15) is 0 Å². The van der Waals surface area contributed by atoms with Gasteiger partial charge in [-0.05, 0) is 39.7 Å². The highest BCUT2D eigenvalue weighted by Gasteiger charge is 2.21. The summed E-state index contributed by atoms with van der Waals surface area (Å²) in [6.45, 7) is 14.1. The Labute approximate surface area is 107 Å². The van der Waals surface area contributed by atoms with E-state index in [2.05, 4.69) is 52.2 Å². The summed E-state index contributed by atoms with van der Waals surface area (Å²) in [5, 5.41) is 6.94. The topological polar surface area (TPSA) is 24.1 Å². The fraction of sp³-hybridized carbons (Fsp3) is 0.923. The second-order valence-corrected chi connectivity index (χ2v) is 6.21. The summed E-state index contributed by atoms with van der Waals surface area (Å²) < 4.78 is 0. The van der Waals surface area contributed by atoms with E-state index in [9.17, 15) is 0 Å². The molecule has 0 aromatic rings. The van der Waals surface area contributed by atoms with E-state index in [0.717, 1.165) is 11.5 Å². The van der Waals surface area contributed by atoms with Crippen molar-refractivity contribution in [3.63, 3.8) is 0 Å². The summed E-state index contributed by atoms with van der Waals surface area (Å²) >= 11 is 5.48. The molecule has 3 heteroatoms. The lowest BCUT2D eigenvalue weighted by Gasteiger charge is -2.30. The van der Waals surface area contributed by atoms with E-state index in [1.165, 1.54) is 12.8 Å². The molecular formula is C13H28N2S. The molecule has 1 atom stereocenters. The third-order valence-corrected chi connectivity index (χ3v) is 2.70. The molecule has 0 radical (unpaired) electrons. The van der Waals surface area contributed by atoms with Crippen molar-refractivity contribution in [1.82, 2.24) is 10.6 Å². The highest BCUT2D eigenvalue weighted by molar-refractivity contribution is 7.80. The third kappa shape index (κ3) is 7.18. The molecule has 16 heavy (non-hydrogen) atoms. The molecule has 0 saturated carbocycles. The molecule has 0 saturated heterocycles. The second-order valence-electron chi connectivity index (χ2n) is 5.77. The van der Waals surface area contributed by atoms with Gasteiger partial charge in [0, 0.05) is 5.54 Å². The van der Waals surface area contributed by atoms with Crippen LogP contribution in [-0.2, 0) is 0 Å². The van der Waals surface area contributed by atoms with Crippen LogP contribution in [0.25, 0.3) is 0 Å². The van der Waals surface area contributed by atoms with Gasteiger partial charge in [-0.3, -0.25) is 0 Å². The maximum Gasteiger partial charge on any atom is 0.0932 e. The Kier molecular flexibility index (Phi) is 7.16. The van der Waals surface area contributed by atoms with Gasteiger partial charge in [-0.15, -0.1) is 0 Å². The summed E-state index contributed by atoms with van der Waals surface area (Å²) in [6.07, 6.45) is 2.43. The van der Waals surface area contributed by atoms with Crippen LogP contribution in [0.1, 0.15) is 54.4 Å². The minimum absolute atomic E-state index is 0.0522. The zero-order valence-corrected chi connectivity index (χ0v) is 12.5. The number of hydrogen-bond acceptors (Lipinski definition) is 2. The average molecular weight is 244 g/mol. The van der Waals surface area contributed by atoms with Gasteiger partial charge in [0.2, 0.25) is 0 Å². The van der Waals surface area contributed by atoms with Crippen LogP contribution in [0, 0.1) is 5.92 Å². The standard InChI is InChI=1S/C13H28N2S/c1-7-8-9-14-11(10(2)3)12(16)15-13(4,5)6/h10-11,14H,7-9H2,1-6H3,(H,15,16). The molecule has 0 aromatic heterocycles. The minimum atomic E-state index is 0.0522. The Hall–Kier alpha value is -0.150. The maximum absolute atomic E-state index is 5.48. The largest absolute Gasteiger partial charge is 0.374 e. The zero-order chi connectivity index (χ0) is 12.8. The first-order valence-electron chi connectivity index (χ1n) is 6.33. The number of unbranched alkanes of at least 4 members (excludes halogenated alkanes) is 1. The predicted molar refractivity (Wildman–Crippen MR) is 77.0 cm³/mol. The highest BCUT2D eigenvalue weighted by Crippen LogP contribution is 2.07. The van der Waals surface area contributed by atoms with E-state index in [1.54, 1.807) is 0 Å². The van der Waals surface area contributed by atoms with Crippen LogP contribution in [0.5, 0.6) is 0 Å². The fourth-order valence-electron chi connectivity index (χ4n) is 1.51. The summed E-state index contributed by atoms with van der Waals surface area (Å²) in [5.74, 6) is 0.527. The fourth-order valence-corrected chi connectivity index (χ4v) is 2.17. The summed E-state index contributed by atoms with van der Waals surface area (Å²) in [4.78, 5) is 0.943. The minimum Gasteiger partial charge on any atom is -0.374 e. The molecule has 0 heterocycles. The lowest BCUT2D eigenvalue weighted by Crippen LogP contribution is -2.52. The summed E-state index contributed by atoms with van der Waals surface area (Å²) in [6, 6.07) is 0.292. The van der Waals surface area contributed by atoms with Crippen molar-refractivity contribution in [3.05, 3.63) is 0 Å². The number of hydrogen-bond donors (Lipinski definition) is 2. The SMILES string of the molecule is CCCCNC(C(=S)NC(C)(C)C)C(C)C. The van der Waals surface area contributed by atoms with E-state index >= 15 is 0 Å². The monoisotopic (exact) mass is 244 g/mol. The van der Waals surface area contributed by atoms with Crippen LogP contribution in [0.4, 0.5) is 0 Å². The molecule has 0 aliphatic rings. The first-order chi connectivity index (χ1) is 7.28. The summed E-state index contributed by atoms with van der Waals surface area (Å²) in [7, 11) is 0.